The minimum atomic E-state index is -0.543. The van der Waals surface area contributed by atoms with Crippen molar-refractivity contribution in [2.75, 3.05) is 6.61 Å². The van der Waals surface area contributed by atoms with E-state index in [9.17, 15) is 4.79 Å². The van der Waals surface area contributed by atoms with Gasteiger partial charge in [-0.1, -0.05) is 59.6 Å². The second-order valence-corrected chi connectivity index (χ2v) is 8.68. The molecule has 166 valence electrons. The summed E-state index contributed by atoms with van der Waals surface area (Å²) in [7, 11) is 0. The number of aromatic nitrogens is 1. The average Bonchev–Trinajstić information content (AvgIpc) is 3.49. The van der Waals surface area contributed by atoms with Crippen LogP contribution in [0.3, 0.4) is 0 Å². The lowest BCUT2D eigenvalue weighted by molar-refractivity contribution is 0.0906. The molecule has 0 spiro atoms. The lowest BCUT2D eigenvalue weighted by Gasteiger charge is -2.21. The Morgan fingerprint density at radius 3 is 2.76 bits per heavy atom. The average molecular weight is 479 g/mol. The highest BCUT2D eigenvalue weighted by Crippen LogP contribution is 2.34. The molecule has 0 bridgehead atoms. The maximum Gasteiger partial charge on any atom is 0.307 e. The van der Waals surface area contributed by atoms with Crippen molar-refractivity contribution in [2.45, 2.75) is 18.9 Å². The molecule has 1 aliphatic rings. The van der Waals surface area contributed by atoms with Crippen LogP contribution in [-0.4, -0.2) is 17.5 Å². The molecule has 1 unspecified atom stereocenters. The van der Waals surface area contributed by atoms with E-state index in [1.165, 1.54) is 0 Å². The van der Waals surface area contributed by atoms with Gasteiger partial charge in [0.2, 0.25) is 0 Å². The Bertz CT molecular complexity index is 1300. The number of nitrogens with zero attached hydrogens (tertiary/aromatic N) is 1. The topological polar surface area (TPSA) is 64.4 Å². The Hall–Kier alpha value is -3.28. The van der Waals surface area contributed by atoms with Gasteiger partial charge in [-0.15, -0.1) is 0 Å². The Labute approximate surface area is 201 Å². The molecule has 4 aromatic rings. The second-order valence-electron chi connectivity index (χ2n) is 7.83. The Morgan fingerprint density at radius 2 is 1.91 bits per heavy atom. The number of carbonyl (C=O) groups excluding carboxylic acids is 1. The monoisotopic (exact) mass is 478 g/mol. The molecule has 0 aliphatic carbocycles. The first kappa shape index (κ1) is 21.6. The smallest absolute Gasteiger partial charge is 0.307 e. The van der Waals surface area contributed by atoms with E-state index in [0.29, 0.717) is 34.4 Å². The Kier molecular flexibility index (Phi) is 6.07. The first-order valence-corrected chi connectivity index (χ1v) is 11.3. The number of carbonyl (C=O) groups is 1. The quantitative estimate of drug-likeness (QED) is 0.367. The molecule has 3 aromatic carbocycles. The summed E-state index contributed by atoms with van der Waals surface area (Å²) < 4.78 is 11.4. The third-order valence-electron chi connectivity index (χ3n) is 5.56. The summed E-state index contributed by atoms with van der Waals surface area (Å²) in [5.41, 5.74) is 3.72. The first-order valence-electron chi connectivity index (χ1n) is 10.6. The van der Waals surface area contributed by atoms with E-state index in [2.05, 4.69) is 10.3 Å². The van der Waals surface area contributed by atoms with Crippen LogP contribution >= 0.6 is 23.2 Å². The van der Waals surface area contributed by atoms with Crippen LogP contribution < -0.4 is 10.1 Å². The Morgan fingerprint density at radius 1 is 1.06 bits per heavy atom. The zero-order valence-electron chi connectivity index (χ0n) is 17.6. The normalized spacial score (nSPS) is 13.3. The number of halogens is 2. The molecule has 0 radical (unpaired) electrons. The van der Waals surface area contributed by atoms with Gasteiger partial charge in [-0.3, -0.25) is 4.79 Å². The molecule has 1 atom stereocenters. The van der Waals surface area contributed by atoms with Crippen LogP contribution in [0.4, 0.5) is 0 Å². The van der Waals surface area contributed by atoms with Crippen molar-refractivity contribution in [3.63, 3.8) is 0 Å². The number of benzene rings is 3. The van der Waals surface area contributed by atoms with Crippen LogP contribution in [-0.2, 0) is 12.8 Å². The van der Waals surface area contributed by atoms with Gasteiger partial charge in [-0.05, 0) is 52.6 Å². The largest absolute Gasteiger partial charge is 0.493 e. The molecule has 0 saturated heterocycles. The minimum absolute atomic E-state index is 0.00595. The van der Waals surface area contributed by atoms with Crippen molar-refractivity contribution in [1.82, 2.24) is 10.3 Å². The number of hydrogen-bond acceptors (Lipinski definition) is 4. The molecule has 5 nitrogen and oxygen atoms in total. The maximum absolute atomic E-state index is 13.1. The van der Waals surface area contributed by atoms with E-state index in [0.717, 1.165) is 28.9 Å². The third kappa shape index (κ3) is 4.75. The van der Waals surface area contributed by atoms with Crippen molar-refractivity contribution in [3.8, 4) is 5.75 Å². The van der Waals surface area contributed by atoms with Crippen molar-refractivity contribution < 1.29 is 13.9 Å². The zero-order chi connectivity index (χ0) is 22.8. The van der Waals surface area contributed by atoms with E-state index in [1.807, 2.05) is 48.5 Å². The van der Waals surface area contributed by atoms with Crippen molar-refractivity contribution in [1.29, 1.82) is 0 Å². The van der Waals surface area contributed by atoms with Gasteiger partial charge >= 0.3 is 5.91 Å². The van der Waals surface area contributed by atoms with E-state index in [-0.39, 0.29) is 5.89 Å². The van der Waals surface area contributed by atoms with Gasteiger partial charge in [0.25, 0.3) is 5.89 Å². The van der Waals surface area contributed by atoms with Crippen LogP contribution in [0.15, 0.2) is 77.3 Å². The molecule has 33 heavy (non-hydrogen) atoms. The fourth-order valence-corrected chi connectivity index (χ4v) is 4.35. The van der Waals surface area contributed by atoms with Crippen molar-refractivity contribution >= 4 is 29.1 Å². The molecule has 2 heterocycles. The lowest BCUT2D eigenvalue weighted by Crippen LogP contribution is -2.30. The van der Waals surface area contributed by atoms with E-state index >= 15 is 0 Å². The van der Waals surface area contributed by atoms with E-state index in [4.69, 9.17) is 32.4 Å². The molecule has 1 aliphatic heterocycles. The van der Waals surface area contributed by atoms with Crippen molar-refractivity contribution in [3.05, 3.63) is 117 Å². The van der Waals surface area contributed by atoms with E-state index < -0.39 is 11.9 Å². The molecule has 1 amide bonds. The molecule has 1 N–H and O–H groups in total. The van der Waals surface area contributed by atoms with Crippen LogP contribution in [0, 0.1) is 0 Å². The fraction of sp³-hybridized carbons (Fsp3) is 0.154. The number of oxazole rings is 1. The zero-order valence-corrected chi connectivity index (χ0v) is 19.1. The summed E-state index contributed by atoms with van der Waals surface area (Å²) in [5.74, 6) is 1.03. The summed E-state index contributed by atoms with van der Waals surface area (Å²) >= 11 is 12.8. The van der Waals surface area contributed by atoms with Gasteiger partial charge in [0.15, 0.2) is 0 Å². The van der Waals surface area contributed by atoms with Gasteiger partial charge in [0.1, 0.15) is 11.5 Å². The molecule has 5 rings (SSSR count). The number of fused-ring (bicyclic) bond motifs is 1. The molecular formula is C26H20Cl2N2O3. The summed E-state index contributed by atoms with van der Waals surface area (Å²) in [6, 6.07) is 20.4. The van der Waals surface area contributed by atoms with Gasteiger partial charge in [0.05, 0.1) is 18.8 Å². The molecule has 0 saturated carbocycles. The highest BCUT2D eigenvalue weighted by atomic mass is 35.5. The van der Waals surface area contributed by atoms with Crippen molar-refractivity contribution in [2.24, 2.45) is 0 Å². The number of amides is 1. The summed E-state index contributed by atoms with van der Waals surface area (Å²) in [6.07, 6.45) is 2.95. The summed E-state index contributed by atoms with van der Waals surface area (Å²) in [5, 5.41) is 4.05. The third-order valence-corrected chi connectivity index (χ3v) is 6.14. The highest BCUT2D eigenvalue weighted by molar-refractivity contribution is 6.33. The maximum atomic E-state index is 13.1. The molecule has 0 fully saturated rings. The van der Waals surface area contributed by atoms with Crippen LogP contribution in [0.25, 0.3) is 0 Å². The fourth-order valence-electron chi connectivity index (χ4n) is 3.95. The predicted octanol–water partition coefficient (Wildman–Crippen LogP) is 6.03. The standard InChI is InChI=1S/C26H20Cl2N2O3/c27-19-7-8-22(28)21(14-19)24(18-6-9-23-17(13-18)10-11-32-23)30-25(31)26-29-15-20(33-26)12-16-4-2-1-3-5-16/h1-9,13-15,24H,10-12H2,(H,30,31). The first-order chi connectivity index (χ1) is 16.1. The molecule has 7 heteroatoms. The van der Waals surface area contributed by atoms with Gasteiger partial charge < -0.3 is 14.5 Å². The van der Waals surface area contributed by atoms with Crippen LogP contribution in [0.2, 0.25) is 10.0 Å². The second kappa shape index (κ2) is 9.30. The number of hydrogen-bond donors (Lipinski definition) is 1. The van der Waals surface area contributed by atoms with Gasteiger partial charge in [-0.25, -0.2) is 4.98 Å². The SMILES string of the molecule is O=C(NC(c1ccc2c(c1)CCO2)c1cc(Cl)ccc1Cl)c1ncc(Cc2ccccc2)o1. The predicted molar refractivity (Wildman–Crippen MR) is 127 cm³/mol. The Balaban J connectivity index is 1.44. The summed E-state index contributed by atoms with van der Waals surface area (Å²) in [4.78, 5) is 17.3. The number of ether oxygens (including phenoxy) is 1. The summed E-state index contributed by atoms with van der Waals surface area (Å²) in [6.45, 7) is 0.647. The van der Waals surface area contributed by atoms with E-state index in [1.54, 1.807) is 24.4 Å². The highest BCUT2D eigenvalue weighted by Gasteiger charge is 2.25. The van der Waals surface area contributed by atoms with Gasteiger partial charge in [-0.2, -0.15) is 0 Å². The minimum Gasteiger partial charge on any atom is -0.493 e. The lowest BCUT2D eigenvalue weighted by atomic mass is 9.96. The molecule has 1 aromatic heterocycles. The number of rotatable bonds is 6. The van der Waals surface area contributed by atoms with Crippen LogP contribution in [0.5, 0.6) is 5.75 Å². The molecular weight excluding hydrogens is 459 g/mol. The van der Waals surface area contributed by atoms with Gasteiger partial charge in [0, 0.05) is 22.9 Å². The number of nitrogens with one attached hydrogen (secondary N) is 1. The van der Waals surface area contributed by atoms with Crippen LogP contribution in [0.1, 0.15) is 44.7 Å².